The molecule has 0 unspecified atom stereocenters. The minimum absolute atomic E-state index is 0.128. The monoisotopic (exact) mass is 423 g/mol. The summed E-state index contributed by atoms with van der Waals surface area (Å²) in [5.41, 5.74) is 10.1. The molecular weight excluding hydrogens is 394 g/mol. The van der Waals surface area contributed by atoms with Crippen molar-refractivity contribution in [3.63, 3.8) is 0 Å². The summed E-state index contributed by atoms with van der Waals surface area (Å²) in [7, 11) is 0. The third-order valence-corrected chi connectivity index (χ3v) is 6.81. The van der Waals surface area contributed by atoms with Gasteiger partial charge in [0.25, 0.3) is 0 Å². The summed E-state index contributed by atoms with van der Waals surface area (Å²) in [6.45, 7) is 4.24. The van der Waals surface area contributed by atoms with Crippen LogP contribution in [0.1, 0.15) is 43.4 Å². The van der Waals surface area contributed by atoms with Crippen LogP contribution in [-0.4, -0.2) is 5.54 Å². The number of aryl methyl sites for hydroxylation is 3. The van der Waals surface area contributed by atoms with Gasteiger partial charge in [-0.3, -0.25) is 0 Å². The van der Waals surface area contributed by atoms with Crippen LogP contribution in [0.3, 0.4) is 0 Å². The molecule has 0 saturated carbocycles. The van der Waals surface area contributed by atoms with E-state index in [1.54, 1.807) is 11.8 Å². The molecule has 0 radical (unpaired) electrons. The van der Waals surface area contributed by atoms with Gasteiger partial charge in [-0.2, -0.15) is 0 Å². The zero-order valence-electron chi connectivity index (χ0n) is 17.3. The first-order valence-electron chi connectivity index (χ1n) is 10.3. The van der Waals surface area contributed by atoms with Crippen molar-refractivity contribution >= 4 is 23.4 Å². The van der Waals surface area contributed by atoms with Gasteiger partial charge in [0.2, 0.25) is 0 Å². The van der Waals surface area contributed by atoms with Crippen LogP contribution in [0.5, 0.6) is 0 Å². The number of rotatable bonds is 9. The second-order valence-corrected chi connectivity index (χ2v) is 9.55. The lowest BCUT2D eigenvalue weighted by molar-refractivity contribution is 0.418. The second-order valence-electron chi connectivity index (χ2n) is 8.00. The summed E-state index contributed by atoms with van der Waals surface area (Å²) >= 11 is 8.33. The van der Waals surface area contributed by atoms with Crippen molar-refractivity contribution in [3.05, 3.63) is 94.5 Å². The normalized spacial score (nSPS) is 13.2. The first-order valence-corrected chi connectivity index (χ1v) is 11.5. The summed E-state index contributed by atoms with van der Waals surface area (Å²) in [5.74, 6) is 0. The molecule has 0 aromatic heterocycles. The standard InChI is InChI=1S/C26H30ClNS/c1-3-26(2,28)17-16-22-14-15-24(19-25(22)27)29-23-11-7-10-21(18-23)13-12-20-8-5-4-6-9-20/h4-11,14-15,18-19H,3,12-13,16-17,28H2,1-2H3/t26-/m1/s1. The van der Waals surface area contributed by atoms with E-state index < -0.39 is 0 Å². The molecule has 0 aliphatic heterocycles. The Hall–Kier alpha value is -1.74. The van der Waals surface area contributed by atoms with Gasteiger partial charge in [0.05, 0.1) is 0 Å². The highest BCUT2D eigenvalue weighted by atomic mass is 35.5. The van der Waals surface area contributed by atoms with Gasteiger partial charge in [-0.25, -0.2) is 0 Å². The van der Waals surface area contributed by atoms with E-state index in [4.69, 9.17) is 17.3 Å². The van der Waals surface area contributed by atoms with Crippen molar-refractivity contribution < 1.29 is 0 Å². The quantitative estimate of drug-likeness (QED) is 0.389. The molecule has 3 aromatic rings. The Kier molecular flexibility index (Phi) is 7.83. The van der Waals surface area contributed by atoms with Crippen LogP contribution in [0.4, 0.5) is 0 Å². The number of nitrogens with two attached hydrogens (primary N) is 1. The van der Waals surface area contributed by atoms with Crippen molar-refractivity contribution in [1.82, 2.24) is 0 Å². The van der Waals surface area contributed by atoms with Gasteiger partial charge in [-0.15, -0.1) is 0 Å². The highest BCUT2D eigenvalue weighted by molar-refractivity contribution is 7.99. The van der Waals surface area contributed by atoms with Crippen molar-refractivity contribution in [2.24, 2.45) is 5.73 Å². The minimum atomic E-state index is -0.128. The van der Waals surface area contributed by atoms with Gasteiger partial charge in [0.1, 0.15) is 0 Å². The molecule has 0 amide bonds. The summed E-state index contributed by atoms with van der Waals surface area (Å²) in [6.07, 6.45) is 4.94. The molecule has 0 heterocycles. The molecule has 2 N–H and O–H groups in total. The molecule has 0 fully saturated rings. The maximum Gasteiger partial charge on any atom is 0.0449 e. The minimum Gasteiger partial charge on any atom is -0.325 e. The zero-order valence-corrected chi connectivity index (χ0v) is 18.9. The van der Waals surface area contributed by atoms with E-state index in [-0.39, 0.29) is 5.54 Å². The van der Waals surface area contributed by atoms with Gasteiger partial charge in [-0.05, 0) is 80.0 Å². The number of hydrogen-bond acceptors (Lipinski definition) is 2. The van der Waals surface area contributed by atoms with Gasteiger partial charge in [0, 0.05) is 20.4 Å². The molecule has 29 heavy (non-hydrogen) atoms. The van der Waals surface area contributed by atoms with E-state index in [1.165, 1.54) is 26.5 Å². The molecule has 0 aliphatic carbocycles. The van der Waals surface area contributed by atoms with Gasteiger partial charge in [0.15, 0.2) is 0 Å². The van der Waals surface area contributed by atoms with Crippen LogP contribution >= 0.6 is 23.4 Å². The van der Waals surface area contributed by atoms with E-state index in [1.807, 2.05) is 0 Å². The molecule has 1 nitrogen and oxygen atoms in total. The lowest BCUT2D eigenvalue weighted by atomic mass is 9.92. The fraction of sp³-hybridized carbons (Fsp3) is 0.308. The predicted molar refractivity (Wildman–Crippen MR) is 127 cm³/mol. The molecule has 152 valence electrons. The van der Waals surface area contributed by atoms with Crippen LogP contribution < -0.4 is 5.73 Å². The van der Waals surface area contributed by atoms with E-state index >= 15 is 0 Å². The molecule has 0 spiro atoms. The molecule has 0 bridgehead atoms. The summed E-state index contributed by atoms with van der Waals surface area (Å²) in [5, 5.41) is 0.835. The SMILES string of the molecule is CC[C@@](C)(N)CCc1ccc(Sc2cccc(CCc3ccccc3)c2)cc1Cl. The highest BCUT2D eigenvalue weighted by Gasteiger charge is 2.16. The molecule has 3 aromatic carbocycles. The van der Waals surface area contributed by atoms with Gasteiger partial charge < -0.3 is 5.73 Å². The highest BCUT2D eigenvalue weighted by Crippen LogP contribution is 2.32. The van der Waals surface area contributed by atoms with E-state index in [0.29, 0.717) is 0 Å². The molecular formula is C26H30ClNS. The second kappa shape index (κ2) is 10.3. The Bertz CT molecular complexity index is 921. The lowest BCUT2D eigenvalue weighted by Crippen LogP contribution is -2.35. The zero-order chi connectivity index (χ0) is 20.7. The van der Waals surface area contributed by atoms with Crippen molar-refractivity contribution in [2.45, 2.75) is 61.3 Å². The molecule has 1 atom stereocenters. The van der Waals surface area contributed by atoms with Crippen molar-refractivity contribution in [1.29, 1.82) is 0 Å². The van der Waals surface area contributed by atoms with E-state index in [0.717, 1.165) is 37.1 Å². The van der Waals surface area contributed by atoms with Crippen LogP contribution in [-0.2, 0) is 19.3 Å². The first-order chi connectivity index (χ1) is 13.9. The van der Waals surface area contributed by atoms with Crippen LogP contribution in [0.2, 0.25) is 5.02 Å². The van der Waals surface area contributed by atoms with Crippen molar-refractivity contribution in [3.8, 4) is 0 Å². The van der Waals surface area contributed by atoms with Crippen molar-refractivity contribution in [2.75, 3.05) is 0 Å². The Labute approximate surface area is 184 Å². The van der Waals surface area contributed by atoms with E-state index in [2.05, 4.69) is 86.6 Å². The Morgan fingerprint density at radius 1 is 0.828 bits per heavy atom. The largest absolute Gasteiger partial charge is 0.325 e. The number of hydrogen-bond donors (Lipinski definition) is 1. The average molecular weight is 424 g/mol. The molecule has 3 heteroatoms. The summed E-state index contributed by atoms with van der Waals surface area (Å²) in [4.78, 5) is 2.42. The van der Waals surface area contributed by atoms with Crippen LogP contribution in [0, 0.1) is 0 Å². The fourth-order valence-electron chi connectivity index (χ4n) is 3.23. The van der Waals surface area contributed by atoms with Crippen LogP contribution in [0.15, 0.2) is 82.6 Å². The maximum atomic E-state index is 6.56. The summed E-state index contributed by atoms with van der Waals surface area (Å²) < 4.78 is 0. The first kappa shape index (κ1) is 22.0. The number of benzene rings is 3. The predicted octanol–water partition coefficient (Wildman–Crippen LogP) is 7.34. The van der Waals surface area contributed by atoms with Gasteiger partial charge in [-0.1, -0.05) is 78.8 Å². The Morgan fingerprint density at radius 3 is 2.24 bits per heavy atom. The third-order valence-electron chi connectivity index (χ3n) is 5.48. The molecule has 0 saturated heterocycles. The topological polar surface area (TPSA) is 26.0 Å². The summed E-state index contributed by atoms with van der Waals surface area (Å²) in [6, 6.07) is 25.9. The lowest BCUT2D eigenvalue weighted by Gasteiger charge is -2.22. The van der Waals surface area contributed by atoms with Gasteiger partial charge >= 0.3 is 0 Å². The average Bonchev–Trinajstić information content (AvgIpc) is 2.73. The molecule has 0 aliphatic rings. The molecule has 3 rings (SSSR count). The van der Waals surface area contributed by atoms with E-state index in [9.17, 15) is 0 Å². The third kappa shape index (κ3) is 6.92. The fourth-order valence-corrected chi connectivity index (χ4v) is 4.51. The maximum absolute atomic E-state index is 6.56. The number of halogens is 1. The smallest absolute Gasteiger partial charge is 0.0449 e. The Morgan fingerprint density at radius 2 is 1.52 bits per heavy atom. The van der Waals surface area contributed by atoms with Crippen LogP contribution in [0.25, 0.3) is 0 Å². The Balaban J connectivity index is 1.61.